The third-order valence-corrected chi connectivity index (χ3v) is 5.59. The first-order valence-corrected chi connectivity index (χ1v) is 10.6. The van der Waals surface area contributed by atoms with Gasteiger partial charge in [-0.2, -0.15) is 18.2 Å². The molecule has 32 heavy (non-hydrogen) atoms. The van der Waals surface area contributed by atoms with Crippen molar-refractivity contribution in [3.8, 4) is 0 Å². The van der Waals surface area contributed by atoms with Crippen LogP contribution in [0.1, 0.15) is 32.2 Å². The lowest BCUT2D eigenvalue weighted by Gasteiger charge is -2.25. The number of benzene rings is 1. The molecule has 1 aliphatic rings. The van der Waals surface area contributed by atoms with Gasteiger partial charge in [0, 0.05) is 30.2 Å². The van der Waals surface area contributed by atoms with E-state index in [1.54, 1.807) is 33.2 Å². The number of halogens is 3. The van der Waals surface area contributed by atoms with Crippen LogP contribution >= 0.6 is 11.3 Å². The van der Waals surface area contributed by atoms with Gasteiger partial charge in [0.15, 0.2) is 10.6 Å². The van der Waals surface area contributed by atoms with Gasteiger partial charge in [0.2, 0.25) is 0 Å². The molecular formula is C21H18F3N3O4S. The zero-order chi connectivity index (χ0) is 22.7. The third kappa shape index (κ3) is 5.00. The van der Waals surface area contributed by atoms with Gasteiger partial charge in [-0.05, 0) is 30.3 Å². The molecule has 0 atom stereocenters. The van der Waals surface area contributed by atoms with Crippen molar-refractivity contribution in [2.75, 3.05) is 26.3 Å². The summed E-state index contributed by atoms with van der Waals surface area (Å²) in [5.41, 5.74) is -1.07. The molecular weight excluding hydrogens is 447 g/mol. The molecule has 7 nitrogen and oxygen atoms in total. The molecule has 1 saturated heterocycles. The Hall–Kier alpha value is -3.18. The fourth-order valence-electron chi connectivity index (χ4n) is 3.16. The average Bonchev–Trinajstić information content (AvgIpc) is 3.43. The van der Waals surface area contributed by atoms with Crippen LogP contribution < -0.4 is 4.80 Å². The van der Waals surface area contributed by atoms with Crippen LogP contribution in [0.3, 0.4) is 0 Å². The van der Waals surface area contributed by atoms with Crippen LogP contribution in [0.25, 0.3) is 0 Å². The molecule has 3 aromatic rings. The molecule has 2 aromatic heterocycles. The number of carbonyl (C=O) groups excluding carboxylic acids is 2. The summed E-state index contributed by atoms with van der Waals surface area (Å²) in [6, 6.07) is 7.38. The van der Waals surface area contributed by atoms with Gasteiger partial charge in [-0.25, -0.2) is 0 Å². The fraction of sp³-hybridized carbons (Fsp3) is 0.286. The summed E-state index contributed by atoms with van der Waals surface area (Å²) < 4.78 is 51.2. The minimum atomic E-state index is -4.55. The molecule has 0 saturated carbocycles. The molecule has 4 rings (SSSR count). The Morgan fingerprint density at radius 1 is 1.12 bits per heavy atom. The Kier molecular flexibility index (Phi) is 6.28. The summed E-state index contributed by atoms with van der Waals surface area (Å²) >= 11 is 1.16. The number of alkyl halides is 3. The highest BCUT2D eigenvalue weighted by molar-refractivity contribution is 7.07. The highest BCUT2D eigenvalue weighted by Gasteiger charge is 2.31. The van der Waals surface area contributed by atoms with Gasteiger partial charge in [-0.1, -0.05) is 6.07 Å². The maximum atomic E-state index is 12.9. The van der Waals surface area contributed by atoms with Gasteiger partial charge >= 0.3 is 6.18 Å². The molecule has 2 amide bonds. The van der Waals surface area contributed by atoms with Crippen molar-refractivity contribution in [2.24, 2.45) is 4.99 Å². The van der Waals surface area contributed by atoms with Crippen LogP contribution in [0, 0.1) is 0 Å². The van der Waals surface area contributed by atoms with Crippen molar-refractivity contribution in [3.05, 3.63) is 75.4 Å². The highest BCUT2D eigenvalue weighted by atomic mass is 32.1. The summed E-state index contributed by atoms with van der Waals surface area (Å²) in [6.07, 6.45) is -2.87. The molecule has 11 heteroatoms. The van der Waals surface area contributed by atoms with Gasteiger partial charge < -0.3 is 18.6 Å². The zero-order valence-corrected chi connectivity index (χ0v) is 17.5. The monoisotopic (exact) mass is 465 g/mol. The van der Waals surface area contributed by atoms with E-state index in [0.29, 0.717) is 36.9 Å². The van der Waals surface area contributed by atoms with Crippen molar-refractivity contribution in [1.82, 2.24) is 9.47 Å². The number of amides is 2. The van der Waals surface area contributed by atoms with E-state index in [1.807, 2.05) is 0 Å². The number of rotatable bonds is 4. The maximum Gasteiger partial charge on any atom is 0.416 e. The van der Waals surface area contributed by atoms with Gasteiger partial charge in [-0.15, -0.1) is 11.3 Å². The Morgan fingerprint density at radius 3 is 2.66 bits per heavy atom. The number of hydrogen-bond acceptors (Lipinski definition) is 5. The first-order chi connectivity index (χ1) is 15.3. The Bertz CT molecular complexity index is 1190. The first kappa shape index (κ1) is 22.0. The molecule has 0 N–H and O–H groups in total. The summed E-state index contributed by atoms with van der Waals surface area (Å²) in [6.45, 7) is 2.15. The second-order valence-corrected chi connectivity index (χ2v) is 7.85. The number of carbonyl (C=O) groups is 2. The minimum absolute atomic E-state index is 0.156. The lowest BCUT2D eigenvalue weighted by molar-refractivity contribution is -0.137. The molecule has 0 radical (unpaired) electrons. The SMILES string of the molecule is O=C(N=c1sccn1Cc1ccc(C(=O)N2CCOCC2)o1)c1cccc(C(F)(F)F)c1. The molecule has 3 heterocycles. The number of hydrogen-bond donors (Lipinski definition) is 0. The van der Waals surface area contributed by atoms with Crippen molar-refractivity contribution in [2.45, 2.75) is 12.7 Å². The van der Waals surface area contributed by atoms with Crippen LogP contribution in [-0.4, -0.2) is 47.6 Å². The van der Waals surface area contributed by atoms with E-state index in [9.17, 15) is 22.8 Å². The predicted molar refractivity (Wildman–Crippen MR) is 108 cm³/mol. The second-order valence-electron chi connectivity index (χ2n) is 6.98. The minimum Gasteiger partial charge on any atom is -0.454 e. The summed E-state index contributed by atoms with van der Waals surface area (Å²) in [7, 11) is 0. The van der Waals surface area contributed by atoms with E-state index in [0.717, 1.165) is 23.5 Å². The van der Waals surface area contributed by atoms with Gasteiger partial charge in [0.1, 0.15) is 5.76 Å². The average molecular weight is 465 g/mol. The maximum absolute atomic E-state index is 12.9. The first-order valence-electron chi connectivity index (χ1n) is 9.67. The molecule has 0 unspecified atom stereocenters. The van der Waals surface area contributed by atoms with E-state index in [-0.39, 0.29) is 23.8 Å². The molecule has 0 spiro atoms. The number of ether oxygens (including phenoxy) is 1. The summed E-state index contributed by atoms with van der Waals surface area (Å²) in [5.74, 6) is -0.321. The van der Waals surface area contributed by atoms with E-state index < -0.39 is 17.6 Å². The highest BCUT2D eigenvalue weighted by Crippen LogP contribution is 2.29. The number of thiazole rings is 1. The van der Waals surface area contributed by atoms with Crippen molar-refractivity contribution < 1.29 is 31.9 Å². The number of nitrogens with zero attached hydrogens (tertiary/aromatic N) is 3. The fourth-order valence-corrected chi connectivity index (χ4v) is 3.88. The Balaban J connectivity index is 1.51. The van der Waals surface area contributed by atoms with E-state index in [4.69, 9.17) is 9.15 Å². The molecule has 1 fully saturated rings. The van der Waals surface area contributed by atoms with Crippen LogP contribution in [-0.2, 0) is 17.5 Å². The lowest BCUT2D eigenvalue weighted by atomic mass is 10.1. The topological polar surface area (TPSA) is 77.0 Å². The van der Waals surface area contributed by atoms with E-state index in [2.05, 4.69) is 4.99 Å². The van der Waals surface area contributed by atoms with Crippen molar-refractivity contribution in [3.63, 3.8) is 0 Å². The van der Waals surface area contributed by atoms with Crippen molar-refractivity contribution in [1.29, 1.82) is 0 Å². The van der Waals surface area contributed by atoms with Gasteiger partial charge in [-0.3, -0.25) is 9.59 Å². The molecule has 0 aliphatic carbocycles. The van der Waals surface area contributed by atoms with Crippen LogP contribution in [0.2, 0.25) is 0 Å². The van der Waals surface area contributed by atoms with Gasteiger partial charge in [0.05, 0.1) is 25.3 Å². The van der Waals surface area contributed by atoms with Gasteiger partial charge in [0.25, 0.3) is 11.8 Å². The van der Waals surface area contributed by atoms with Crippen molar-refractivity contribution >= 4 is 23.2 Å². The smallest absolute Gasteiger partial charge is 0.416 e. The standard InChI is InChI=1S/C21H18F3N3O4S/c22-21(23,24)15-3-1-2-14(12-15)18(28)25-20-27(8-11-32-20)13-16-4-5-17(31-16)19(29)26-6-9-30-10-7-26/h1-5,8,11-12H,6-7,9-10,13H2. The Morgan fingerprint density at radius 2 is 1.91 bits per heavy atom. The van der Waals surface area contributed by atoms with Crippen LogP contribution in [0.5, 0.6) is 0 Å². The van der Waals surface area contributed by atoms with Crippen LogP contribution in [0.15, 0.2) is 57.4 Å². The Labute approximate surface area is 184 Å². The van der Waals surface area contributed by atoms with E-state index >= 15 is 0 Å². The number of aromatic nitrogens is 1. The summed E-state index contributed by atoms with van der Waals surface area (Å²) in [4.78, 5) is 30.9. The summed E-state index contributed by atoms with van der Waals surface area (Å²) in [5, 5.41) is 1.70. The number of morpholine rings is 1. The molecule has 1 aromatic carbocycles. The molecule has 168 valence electrons. The lowest BCUT2D eigenvalue weighted by Crippen LogP contribution is -2.40. The van der Waals surface area contributed by atoms with E-state index in [1.165, 1.54) is 12.1 Å². The zero-order valence-electron chi connectivity index (χ0n) is 16.7. The quantitative estimate of drug-likeness (QED) is 0.592. The molecule has 0 bridgehead atoms. The third-order valence-electron chi connectivity index (χ3n) is 4.79. The van der Waals surface area contributed by atoms with Crippen LogP contribution in [0.4, 0.5) is 13.2 Å². The second kappa shape index (κ2) is 9.13. The molecule has 1 aliphatic heterocycles. The normalized spacial score (nSPS) is 15.2. The largest absolute Gasteiger partial charge is 0.454 e. The number of furan rings is 1. The predicted octanol–water partition coefficient (Wildman–Crippen LogP) is 3.42.